The minimum Gasteiger partial charge on any atom is -0.493 e. The fraction of sp³-hybridized carbons (Fsp3) is 0.280. The third kappa shape index (κ3) is 4.35. The van der Waals surface area contributed by atoms with Gasteiger partial charge in [0, 0.05) is 28.8 Å². The number of methoxy groups -OCH3 is 3. The molecular formula is C25H25F2NO3S. The third-order valence-electron chi connectivity index (χ3n) is 5.59. The highest BCUT2D eigenvalue weighted by Gasteiger charge is 2.26. The fourth-order valence-corrected chi connectivity index (χ4v) is 5.26. The monoisotopic (exact) mass is 457 g/mol. The summed E-state index contributed by atoms with van der Waals surface area (Å²) in [6.07, 6.45) is 0.801. The molecule has 3 aromatic carbocycles. The number of para-hydroxylation sites is 1. The Morgan fingerprint density at radius 1 is 0.938 bits per heavy atom. The molecule has 32 heavy (non-hydrogen) atoms. The molecule has 1 heterocycles. The maximum Gasteiger partial charge on any atom is 0.203 e. The number of benzene rings is 3. The molecule has 0 radical (unpaired) electrons. The summed E-state index contributed by atoms with van der Waals surface area (Å²) in [5.74, 6) is 0.164. The van der Waals surface area contributed by atoms with Gasteiger partial charge in [0.25, 0.3) is 0 Å². The number of thioether (sulfide) groups is 1. The molecule has 0 spiro atoms. The molecule has 0 aliphatic carbocycles. The molecule has 0 aromatic heterocycles. The molecule has 0 saturated carbocycles. The van der Waals surface area contributed by atoms with Crippen LogP contribution in [0.25, 0.3) is 0 Å². The molecule has 3 aromatic rings. The first-order valence-corrected chi connectivity index (χ1v) is 11.2. The van der Waals surface area contributed by atoms with Crippen molar-refractivity contribution in [2.24, 2.45) is 0 Å². The highest BCUT2D eigenvalue weighted by atomic mass is 32.2. The first kappa shape index (κ1) is 22.3. The second kappa shape index (κ2) is 9.69. The molecule has 1 aliphatic rings. The van der Waals surface area contributed by atoms with Gasteiger partial charge < -0.3 is 19.1 Å². The fourth-order valence-electron chi connectivity index (χ4n) is 3.99. The van der Waals surface area contributed by atoms with Crippen molar-refractivity contribution in [2.45, 2.75) is 23.1 Å². The van der Waals surface area contributed by atoms with Crippen molar-refractivity contribution in [3.8, 4) is 17.2 Å². The van der Waals surface area contributed by atoms with Gasteiger partial charge in [-0.05, 0) is 42.3 Å². The lowest BCUT2D eigenvalue weighted by Crippen LogP contribution is -2.24. The number of hydrogen-bond donors (Lipinski definition) is 0. The third-order valence-corrected chi connectivity index (χ3v) is 6.98. The van der Waals surface area contributed by atoms with Crippen molar-refractivity contribution < 1.29 is 23.0 Å². The number of anilines is 1. The molecule has 0 bridgehead atoms. The summed E-state index contributed by atoms with van der Waals surface area (Å²) in [6, 6.07) is 16.3. The summed E-state index contributed by atoms with van der Waals surface area (Å²) >= 11 is 1.74. The van der Waals surface area contributed by atoms with Gasteiger partial charge in [0.1, 0.15) is 0 Å². The smallest absolute Gasteiger partial charge is 0.203 e. The molecule has 0 amide bonds. The summed E-state index contributed by atoms with van der Waals surface area (Å²) in [6.45, 7) is 0.977. The Balaban J connectivity index is 1.68. The van der Waals surface area contributed by atoms with Crippen LogP contribution in [-0.2, 0) is 6.54 Å². The molecule has 0 fully saturated rings. The van der Waals surface area contributed by atoms with Crippen molar-refractivity contribution >= 4 is 17.4 Å². The molecule has 0 N–H and O–H groups in total. The summed E-state index contributed by atoms with van der Waals surface area (Å²) in [5.41, 5.74) is 2.41. The zero-order chi connectivity index (χ0) is 22.7. The van der Waals surface area contributed by atoms with E-state index in [1.165, 1.54) is 0 Å². The van der Waals surface area contributed by atoms with Crippen molar-refractivity contribution in [2.75, 3.05) is 32.8 Å². The first-order chi connectivity index (χ1) is 15.5. The van der Waals surface area contributed by atoms with Gasteiger partial charge in [-0.15, -0.1) is 11.8 Å². The predicted molar refractivity (Wildman–Crippen MR) is 123 cm³/mol. The van der Waals surface area contributed by atoms with Crippen molar-refractivity contribution in [3.05, 3.63) is 77.4 Å². The Kier molecular flexibility index (Phi) is 6.74. The summed E-state index contributed by atoms with van der Waals surface area (Å²) < 4.78 is 44.7. The van der Waals surface area contributed by atoms with Crippen LogP contribution in [0.1, 0.15) is 22.8 Å². The molecule has 0 saturated heterocycles. The Morgan fingerprint density at radius 3 is 2.34 bits per heavy atom. The van der Waals surface area contributed by atoms with E-state index in [1.807, 2.05) is 30.3 Å². The Labute approximate surface area is 191 Å². The SMILES string of the molecule is COc1cc(C2CCN(Cc3cccc(F)c3F)c3ccccc3S2)cc(OC)c1OC. The zero-order valence-corrected chi connectivity index (χ0v) is 19.0. The lowest BCUT2D eigenvalue weighted by atomic mass is 10.1. The van der Waals surface area contributed by atoms with Crippen LogP contribution >= 0.6 is 11.8 Å². The number of nitrogens with zero attached hydrogens (tertiary/aromatic N) is 1. The largest absolute Gasteiger partial charge is 0.493 e. The Morgan fingerprint density at radius 2 is 1.66 bits per heavy atom. The minimum atomic E-state index is -0.824. The second-order valence-corrected chi connectivity index (χ2v) is 8.70. The highest BCUT2D eigenvalue weighted by molar-refractivity contribution is 7.99. The normalized spacial score (nSPS) is 15.7. The van der Waals surface area contributed by atoms with Crippen LogP contribution in [0.3, 0.4) is 0 Å². The maximum absolute atomic E-state index is 14.4. The van der Waals surface area contributed by atoms with E-state index >= 15 is 0 Å². The number of ether oxygens (including phenoxy) is 3. The van der Waals surface area contributed by atoms with Gasteiger partial charge in [0.2, 0.25) is 5.75 Å². The molecule has 168 valence electrons. The van der Waals surface area contributed by atoms with E-state index in [-0.39, 0.29) is 5.25 Å². The van der Waals surface area contributed by atoms with E-state index in [1.54, 1.807) is 45.2 Å². The summed E-state index contributed by atoms with van der Waals surface area (Å²) in [7, 11) is 4.79. The summed E-state index contributed by atoms with van der Waals surface area (Å²) in [5, 5.41) is 0.118. The molecule has 1 atom stereocenters. The standard InChI is InChI=1S/C25H25F2NO3S/c1-29-20-13-17(14-21(30-2)25(20)31-3)22-11-12-28(19-9-4-5-10-23(19)32-22)15-16-7-6-8-18(26)24(16)27/h4-10,13-14,22H,11-12,15H2,1-3H3. The molecule has 4 rings (SSSR count). The van der Waals surface area contributed by atoms with Crippen LogP contribution in [0.5, 0.6) is 17.2 Å². The van der Waals surface area contributed by atoms with E-state index in [0.29, 0.717) is 35.9 Å². The van der Waals surface area contributed by atoms with Gasteiger partial charge in [-0.1, -0.05) is 24.3 Å². The molecular weight excluding hydrogens is 432 g/mol. The van der Waals surface area contributed by atoms with Gasteiger partial charge in [-0.3, -0.25) is 0 Å². The van der Waals surface area contributed by atoms with Crippen LogP contribution in [0.2, 0.25) is 0 Å². The average Bonchev–Trinajstić information content (AvgIpc) is 3.00. The predicted octanol–water partition coefficient (Wildman–Crippen LogP) is 6.23. The average molecular weight is 458 g/mol. The zero-order valence-electron chi connectivity index (χ0n) is 18.2. The van der Waals surface area contributed by atoms with E-state index in [0.717, 1.165) is 28.6 Å². The summed E-state index contributed by atoms with van der Waals surface area (Å²) in [4.78, 5) is 3.19. The van der Waals surface area contributed by atoms with Crippen LogP contribution in [-0.4, -0.2) is 27.9 Å². The van der Waals surface area contributed by atoms with Gasteiger partial charge in [-0.2, -0.15) is 0 Å². The van der Waals surface area contributed by atoms with Crippen LogP contribution in [0.4, 0.5) is 14.5 Å². The van der Waals surface area contributed by atoms with Gasteiger partial charge >= 0.3 is 0 Å². The van der Waals surface area contributed by atoms with E-state index in [9.17, 15) is 8.78 Å². The number of halogens is 2. The maximum atomic E-state index is 14.4. The van der Waals surface area contributed by atoms with E-state index in [4.69, 9.17) is 14.2 Å². The topological polar surface area (TPSA) is 30.9 Å². The lowest BCUT2D eigenvalue weighted by Gasteiger charge is -2.25. The first-order valence-electron chi connectivity index (χ1n) is 10.3. The second-order valence-electron chi connectivity index (χ2n) is 7.46. The van der Waals surface area contributed by atoms with Crippen LogP contribution in [0.15, 0.2) is 59.5 Å². The number of rotatable bonds is 6. The number of fused-ring (bicyclic) bond motifs is 1. The van der Waals surface area contributed by atoms with Crippen molar-refractivity contribution in [3.63, 3.8) is 0 Å². The number of hydrogen-bond acceptors (Lipinski definition) is 5. The van der Waals surface area contributed by atoms with Crippen LogP contribution < -0.4 is 19.1 Å². The van der Waals surface area contributed by atoms with Crippen LogP contribution in [0, 0.1) is 11.6 Å². The lowest BCUT2D eigenvalue weighted by molar-refractivity contribution is 0.323. The van der Waals surface area contributed by atoms with Crippen molar-refractivity contribution in [1.29, 1.82) is 0 Å². The molecule has 4 nitrogen and oxygen atoms in total. The molecule has 1 unspecified atom stereocenters. The van der Waals surface area contributed by atoms with Gasteiger partial charge in [0.05, 0.1) is 27.0 Å². The molecule has 7 heteroatoms. The van der Waals surface area contributed by atoms with Gasteiger partial charge in [-0.25, -0.2) is 8.78 Å². The highest BCUT2D eigenvalue weighted by Crippen LogP contribution is 2.48. The van der Waals surface area contributed by atoms with Gasteiger partial charge in [0.15, 0.2) is 23.1 Å². The van der Waals surface area contributed by atoms with E-state index in [2.05, 4.69) is 11.0 Å². The quantitative estimate of drug-likeness (QED) is 0.438. The van der Waals surface area contributed by atoms with E-state index < -0.39 is 11.6 Å². The minimum absolute atomic E-state index is 0.118. The Hall–Kier alpha value is -2.93. The van der Waals surface area contributed by atoms with Crippen molar-refractivity contribution in [1.82, 2.24) is 0 Å². The Bertz CT molecular complexity index is 1080. The molecule has 1 aliphatic heterocycles.